The van der Waals surface area contributed by atoms with E-state index in [1.165, 1.54) is 0 Å². The maximum absolute atomic E-state index is 10.9. The molecule has 0 saturated carbocycles. The van der Waals surface area contributed by atoms with Crippen LogP contribution in [0.15, 0.2) is 10.2 Å². The Morgan fingerprint density at radius 3 is 2.94 bits per heavy atom. The van der Waals surface area contributed by atoms with Crippen molar-refractivity contribution in [1.29, 1.82) is 0 Å². The van der Waals surface area contributed by atoms with Gasteiger partial charge in [0.2, 0.25) is 0 Å². The van der Waals surface area contributed by atoms with E-state index in [4.69, 9.17) is 9.47 Å². The first-order chi connectivity index (χ1) is 8.72. The van der Waals surface area contributed by atoms with Gasteiger partial charge in [0.1, 0.15) is 0 Å². The fraction of sp³-hybridized carbons (Fsp3) is 0.727. The monoisotopic (exact) mass is 276 g/mol. The third kappa shape index (κ3) is 6.87. The highest BCUT2D eigenvalue weighted by atomic mass is 32.1. The van der Waals surface area contributed by atoms with Gasteiger partial charge in [-0.15, -0.1) is 0 Å². The molecule has 0 saturated heterocycles. The topological polar surface area (TPSA) is 83.6 Å². The zero-order valence-electron chi connectivity index (χ0n) is 10.5. The molecule has 104 valence electrons. The van der Waals surface area contributed by atoms with Crippen LogP contribution in [0, 0.1) is 0 Å². The molecule has 1 unspecified atom stereocenters. The zero-order chi connectivity index (χ0) is 13.2. The van der Waals surface area contributed by atoms with E-state index in [-0.39, 0.29) is 11.5 Å². The molecule has 0 spiro atoms. The predicted octanol–water partition coefficient (Wildman–Crippen LogP) is -0.0600. The average molecular weight is 276 g/mol. The van der Waals surface area contributed by atoms with Crippen LogP contribution in [0.5, 0.6) is 0 Å². The molecule has 0 aliphatic carbocycles. The minimum atomic E-state index is -0.558. The van der Waals surface area contributed by atoms with Gasteiger partial charge in [0.25, 0.3) is 0 Å². The number of aliphatic hydroxyl groups is 1. The minimum Gasteiger partial charge on any atom is -0.389 e. The Morgan fingerprint density at radius 1 is 1.50 bits per heavy atom. The van der Waals surface area contributed by atoms with E-state index in [0.29, 0.717) is 32.9 Å². The summed E-state index contributed by atoms with van der Waals surface area (Å²) in [4.78, 5) is 13.5. The molecular formula is C11H20N2O4S. The maximum Gasteiger partial charge on any atom is 0.304 e. The lowest BCUT2D eigenvalue weighted by Gasteiger charge is -2.11. The number of thiazole rings is 1. The van der Waals surface area contributed by atoms with E-state index < -0.39 is 6.10 Å². The van der Waals surface area contributed by atoms with Crippen molar-refractivity contribution in [1.82, 2.24) is 10.3 Å². The Morgan fingerprint density at radius 2 is 2.28 bits per heavy atom. The molecule has 1 aromatic rings. The van der Waals surface area contributed by atoms with Gasteiger partial charge in [-0.05, 0) is 6.92 Å². The number of nitrogens with one attached hydrogen (secondary N) is 2. The van der Waals surface area contributed by atoms with Crippen LogP contribution in [-0.2, 0) is 16.0 Å². The van der Waals surface area contributed by atoms with Crippen LogP contribution in [0.25, 0.3) is 0 Å². The Kier molecular flexibility index (Phi) is 7.86. The first kappa shape index (κ1) is 15.3. The lowest BCUT2D eigenvalue weighted by atomic mass is 10.3. The molecule has 0 aliphatic heterocycles. The van der Waals surface area contributed by atoms with Gasteiger partial charge in [-0.25, -0.2) is 0 Å². The number of rotatable bonds is 10. The van der Waals surface area contributed by atoms with Crippen LogP contribution in [0.3, 0.4) is 0 Å². The minimum absolute atomic E-state index is 0.0633. The van der Waals surface area contributed by atoms with Gasteiger partial charge in [-0.2, -0.15) is 0 Å². The van der Waals surface area contributed by atoms with Gasteiger partial charge >= 0.3 is 4.87 Å². The molecule has 18 heavy (non-hydrogen) atoms. The molecule has 0 amide bonds. The van der Waals surface area contributed by atoms with E-state index >= 15 is 0 Å². The average Bonchev–Trinajstić information content (AvgIpc) is 2.75. The fourth-order valence-electron chi connectivity index (χ4n) is 1.31. The highest BCUT2D eigenvalue weighted by molar-refractivity contribution is 7.07. The van der Waals surface area contributed by atoms with Crippen molar-refractivity contribution >= 4 is 11.3 Å². The van der Waals surface area contributed by atoms with Crippen LogP contribution in [0.1, 0.15) is 12.6 Å². The summed E-state index contributed by atoms with van der Waals surface area (Å²) in [5.74, 6) is 0. The van der Waals surface area contributed by atoms with Crippen LogP contribution in [0.4, 0.5) is 0 Å². The molecule has 1 rings (SSSR count). The van der Waals surface area contributed by atoms with E-state index in [0.717, 1.165) is 17.0 Å². The third-order valence-corrected chi connectivity index (χ3v) is 2.87. The first-order valence-corrected chi connectivity index (χ1v) is 6.81. The summed E-state index contributed by atoms with van der Waals surface area (Å²) < 4.78 is 10.3. The molecule has 0 bridgehead atoms. The normalized spacial score (nSPS) is 12.8. The van der Waals surface area contributed by atoms with Crippen molar-refractivity contribution in [2.45, 2.75) is 19.6 Å². The van der Waals surface area contributed by atoms with Crippen molar-refractivity contribution in [2.75, 3.05) is 33.0 Å². The van der Waals surface area contributed by atoms with Crippen molar-refractivity contribution in [3.05, 3.63) is 20.7 Å². The quantitative estimate of drug-likeness (QED) is 0.521. The first-order valence-electron chi connectivity index (χ1n) is 5.93. The molecule has 1 atom stereocenters. The van der Waals surface area contributed by atoms with E-state index in [1.54, 1.807) is 5.38 Å². The van der Waals surface area contributed by atoms with Gasteiger partial charge in [0.05, 0.1) is 25.9 Å². The summed E-state index contributed by atoms with van der Waals surface area (Å²) in [6.45, 7) is 4.87. The number of ether oxygens (including phenoxy) is 2. The molecule has 3 N–H and O–H groups in total. The predicted molar refractivity (Wildman–Crippen MR) is 70.0 cm³/mol. The van der Waals surface area contributed by atoms with E-state index in [1.807, 2.05) is 6.92 Å². The number of H-pyrrole nitrogens is 1. The summed E-state index contributed by atoms with van der Waals surface area (Å²) in [6, 6.07) is 0. The van der Waals surface area contributed by atoms with Crippen molar-refractivity contribution in [2.24, 2.45) is 0 Å². The Balaban J connectivity index is 1.99. The summed E-state index contributed by atoms with van der Waals surface area (Å²) in [7, 11) is 0. The molecule has 0 aromatic carbocycles. The van der Waals surface area contributed by atoms with Crippen LogP contribution in [-0.4, -0.2) is 49.2 Å². The summed E-state index contributed by atoms with van der Waals surface area (Å²) in [6.07, 6.45) is -0.558. The molecule has 1 heterocycles. The smallest absolute Gasteiger partial charge is 0.304 e. The molecule has 7 heteroatoms. The molecular weight excluding hydrogens is 256 g/mol. The Labute approximate surface area is 110 Å². The molecule has 6 nitrogen and oxygen atoms in total. The van der Waals surface area contributed by atoms with Crippen molar-refractivity contribution < 1.29 is 14.6 Å². The SMILES string of the molecule is CCOCCOCC(O)CNCc1csc(=O)[nH]1. The number of hydrogen-bond acceptors (Lipinski definition) is 6. The lowest BCUT2D eigenvalue weighted by Crippen LogP contribution is -2.30. The Hall–Kier alpha value is -0.730. The van der Waals surface area contributed by atoms with Gasteiger partial charge in [0.15, 0.2) is 0 Å². The van der Waals surface area contributed by atoms with Gasteiger partial charge in [-0.3, -0.25) is 4.79 Å². The molecule has 1 aromatic heterocycles. The largest absolute Gasteiger partial charge is 0.389 e. The van der Waals surface area contributed by atoms with E-state index in [9.17, 15) is 9.90 Å². The summed E-state index contributed by atoms with van der Waals surface area (Å²) in [5, 5.41) is 14.4. The summed E-state index contributed by atoms with van der Waals surface area (Å²) in [5.41, 5.74) is 0.828. The van der Waals surface area contributed by atoms with Crippen LogP contribution in [0.2, 0.25) is 0 Å². The fourth-order valence-corrected chi connectivity index (χ4v) is 1.90. The second-order valence-corrected chi connectivity index (χ2v) is 4.57. The third-order valence-electron chi connectivity index (χ3n) is 2.15. The zero-order valence-corrected chi connectivity index (χ0v) is 11.3. The van der Waals surface area contributed by atoms with Gasteiger partial charge in [0, 0.05) is 30.8 Å². The maximum atomic E-state index is 10.9. The van der Waals surface area contributed by atoms with Gasteiger partial charge in [-0.1, -0.05) is 11.3 Å². The van der Waals surface area contributed by atoms with Crippen molar-refractivity contribution in [3.63, 3.8) is 0 Å². The number of hydrogen-bond donors (Lipinski definition) is 3. The second kappa shape index (κ2) is 9.23. The summed E-state index contributed by atoms with van der Waals surface area (Å²) >= 11 is 1.13. The Bertz CT molecular complexity index is 366. The van der Waals surface area contributed by atoms with Crippen LogP contribution < -0.4 is 10.2 Å². The molecule has 0 radical (unpaired) electrons. The van der Waals surface area contributed by atoms with Crippen LogP contribution >= 0.6 is 11.3 Å². The standard InChI is InChI=1S/C11H20N2O4S/c1-2-16-3-4-17-7-10(14)6-12-5-9-8-18-11(15)13-9/h8,10,12,14H,2-7H2,1H3,(H,13,15). The molecule has 0 fully saturated rings. The number of aromatic nitrogens is 1. The van der Waals surface area contributed by atoms with E-state index in [2.05, 4.69) is 10.3 Å². The van der Waals surface area contributed by atoms with Crippen molar-refractivity contribution in [3.8, 4) is 0 Å². The van der Waals surface area contributed by atoms with Gasteiger partial charge < -0.3 is 24.9 Å². The molecule has 0 aliphatic rings. The number of aromatic amines is 1. The highest BCUT2D eigenvalue weighted by Gasteiger charge is 2.04. The number of aliphatic hydroxyl groups excluding tert-OH is 1. The second-order valence-electron chi connectivity index (χ2n) is 3.73. The highest BCUT2D eigenvalue weighted by Crippen LogP contribution is 1.94. The lowest BCUT2D eigenvalue weighted by molar-refractivity contribution is 0.00641.